The third-order valence-corrected chi connectivity index (χ3v) is 4.73. The summed E-state index contributed by atoms with van der Waals surface area (Å²) < 4.78 is 18.8. The van der Waals surface area contributed by atoms with Gasteiger partial charge in [-0.2, -0.15) is 0 Å². The quantitative estimate of drug-likeness (QED) is 0.487. The number of amides is 1. The van der Waals surface area contributed by atoms with Crippen molar-refractivity contribution >= 4 is 28.5 Å². The van der Waals surface area contributed by atoms with Crippen LogP contribution in [0.2, 0.25) is 0 Å². The van der Waals surface area contributed by atoms with Crippen LogP contribution in [0.15, 0.2) is 48.5 Å². The molecule has 1 amide bonds. The van der Waals surface area contributed by atoms with Gasteiger partial charge < -0.3 is 15.8 Å². The van der Waals surface area contributed by atoms with Gasteiger partial charge in [-0.3, -0.25) is 4.79 Å². The molecule has 0 aromatic heterocycles. The minimum atomic E-state index is -0.366. The maximum absolute atomic E-state index is 12.9. The Balaban J connectivity index is 1.92. The molecule has 0 aliphatic carbocycles. The molecular formula is C18H20FIN2O2. The molecule has 0 saturated heterocycles. The van der Waals surface area contributed by atoms with Crippen LogP contribution in [0.5, 0.6) is 5.75 Å². The molecule has 24 heavy (non-hydrogen) atoms. The molecule has 2 aromatic rings. The van der Waals surface area contributed by atoms with E-state index in [4.69, 9.17) is 10.5 Å². The second-order valence-corrected chi connectivity index (χ2v) is 6.99. The Morgan fingerprint density at radius 2 is 2.00 bits per heavy atom. The highest BCUT2D eigenvalue weighted by molar-refractivity contribution is 14.1. The van der Waals surface area contributed by atoms with E-state index in [-0.39, 0.29) is 21.7 Å². The predicted molar refractivity (Wildman–Crippen MR) is 101 cm³/mol. The molecule has 0 saturated carbocycles. The van der Waals surface area contributed by atoms with Gasteiger partial charge in [0.25, 0.3) is 0 Å². The number of carbonyl (C=O) groups excluding carboxylic acids is 1. The highest BCUT2D eigenvalue weighted by atomic mass is 127. The number of hydrogen-bond acceptors (Lipinski definition) is 3. The van der Waals surface area contributed by atoms with Crippen LogP contribution >= 0.6 is 22.6 Å². The second kappa shape index (κ2) is 8.98. The molecule has 2 aromatic carbocycles. The average molecular weight is 442 g/mol. The Hall–Kier alpha value is -1.67. The number of benzene rings is 2. The summed E-state index contributed by atoms with van der Waals surface area (Å²) in [5, 5.41) is 3.10. The van der Waals surface area contributed by atoms with Crippen molar-refractivity contribution in [1.29, 1.82) is 0 Å². The molecule has 0 spiro atoms. The summed E-state index contributed by atoms with van der Waals surface area (Å²) in [6.07, 6.45) is 0. The van der Waals surface area contributed by atoms with Crippen LogP contribution in [-0.4, -0.2) is 18.5 Å². The summed E-state index contributed by atoms with van der Waals surface area (Å²) in [5.74, 6) is 0.127. The molecule has 0 aliphatic rings. The fraction of sp³-hybridized carbons (Fsp3) is 0.278. The van der Waals surface area contributed by atoms with Crippen LogP contribution in [-0.2, 0) is 11.4 Å². The van der Waals surface area contributed by atoms with Gasteiger partial charge in [0, 0.05) is 10.5 Å². The number of halogens is 2. The first-order valence-electron chi connectivity index (χ1n) is 7.59. The van der Waals surface area contributed by atoms with Crippen LogP contribution in [0.1, 0.15) is 22.0 Å². The van der Waals surface area contributed by atoms with E-state index < -0.39 is 0 Å². The summed E-state index contributed by atoms with van der Waals surface area (Å²) in [6, 6.07) is 13.7. The van der Waals surface area contributed by atoms with Crippen molar-refractivity contribution in [3.63, 3.8) is 0 Å². The van der Waals surface area contributed by atoms with Gasteiger partial charge in [0.15, 0.2) is 0 Å². The molecule has 2 atom stereocenters. The van der Waals surface area contributed by atoms with Crippen molar-refractivity contribution < 1.29 is 13.9 Å². The van der Waals surface area contributed by atoms with E-state index in [2.05, 4.69) is 27.9 Å². The standard InChI is InChI=1S/C18H20FIN2O2/c1-12(18(21)23)22-10-17(20)14-3-2-4-16(9-14)24-11-13-5-7-15(19)8-6-13/h2-9,12,17,22H,10-11H2,1H3,(H2,21,23). The largest absolute Gasteiger partial charge is 0.489 e. The molecule has 0 aliphatic heterocycles. The fourth-order valence-corrected chi connectivity index (χ4v) is 2.69. The highest BCUT2D eigenvalue weighted by Gasteiger charge is 2.12. The first-order chi connectivity index (χ1) is 11.5. The zero-order valence-electron chi connectivity index (χ0n) is 13.3. The Bertz CT molecular complexity index is 679. The van der Waals surface area contributed by atoms with Crippen LogP contribution in [0, 0.1) is 5.82 Å². The number of hydrogen-bond donors (Lipinski definition) is 2. The smallest absolute Gasteiger partial charge is 0.234 e. The summed E-state index contributed by atoms with van der Waals surface area (Å²) in [5.41, 5.74) is 7.24. The molecule has 128 valence electrons. The Morgan fingerprint density at radius 1 is 1.29 bits per heavy atom. The molecule has 6 heteroatoms. The molecule has 4 nitrogen and oxygen atoms in total. The molecule has 2 rings (SSSR count). The lowest BCUT2D eigenvalue weighted by atomic mass is 10.1. The van der Waals surface area contributed by atoms with Crippen molar-refractivity contribution in [3.05, 3.63) is 65.5 Å². The van der Waals surface area contributed by atoms with Gasteiger partial charge in [-0.05, 0) is 42.3 Å². The summed E-state index contributed by atoms with van der Waals surface area (Å²) in [6.45, 7) is 2.76. The second-order valence-electron chi connectivity index (χ2n) is 5.49. The first kappa shape index (κ1) is 18.7. The molecular weight excluding hydrogens is 422 g/mol. The summed E-state index contributed by atoms with van der Waals surface area (Å²) in [4.78, 5) is 11.1. The van der Waals surface area contributed by atoms with Crippen molar-refractivity contribution in [1.82, 2.24) is 5.32 Å². The van der Waals surface area contributed by atoms with Crippen LogP contribution < -0.4 is 15.8 Å². The molecule has 0 bridgehead atoms. The van der Waals surface area contributed by atoms with Gasteiger partial charge in [-0.15, -0.1) is 0 Å². The van der Waals surface area contributed by atoms with Crippen molar-refractivity contribution in [2.24, 2.45) is 5.73 Å². The first-order valence-corrected chi connectivity index (χ1v) is 8.84. The van der Waals surface area contributed by atoms with Crippen molar-refractivity contribution in [3.8, 4) is 5.75 Å². The third kappa shape index (κ3) is 5.76. The van der Waals surface area contributed by atoms with Gasteiger partial charge in [0.05, 0.1) is 6.04 Å². The maximum Gasteiger partial charge on any atom is 0.234 e. The molecule has 0 fully saturated rings. The van der Waals surface area contributed by atoms with E-state index in [1.54, 1.807) is 19.1 Å². The molecule has 0 heterocycles. The normalized spacial score (nSPS) is 13.3. The Kier molecular flexibility index (Phi) is 6.99. The van der Waals surface area contributed by atoms with Crippen LogP contribution in [0.4, 0.5) is 4.39 Å². The third-order valence-electron chi connectivity index (χ3n) is 3.57. The topological polar surface area (TPSA) is 64.3 Å². The number of ether oxygens (including phenoxy) is 1. The minimum Gasteiger partial charge on any atom is -0.489 e. The monoisotopic (exact) mass is 442 g/mol. The summed E-state index contributed by atoms with van der Waals surface area (Å²) >= 11 is 2.31. The van der Waals surface area contributed by atoms with E-state index in [0.29, 0.717) is 13.2 Å². The Morgan fingerprint density at radius 3 is 2.67 bits per heavy atom. The van der Waals surface area contributed by atoms with Crippen molar-refractivity contribution in [2.45, 2.75) is 23.5 Å². The van der Waals surface area contributed by atoms with Gasteiger partial charge in [0.1, 0.15) is 18.2 Å². The number of nitrogens with one attached hydrogen (secondary N) is 1. The lowest BCUT2D eigenvalue weighted by Gasteiger charge is -2.16. The van der Waals surface area contributed by atoms with Gasteiger partial charge in [0.2, 0.25) is 5.91 Å². The van der Waals surface area contributed by atoms with Crippen molar-refractivity contribution in [2.75, 3.05) is 6.54 Å². The van der Waals surface area contributed by atoms with E-state index in [1.165, 1.54) is 12.1 Å². The van der Waals surface area contributed by atoms with Gasteiger partial charge in [-0.25, -0.2) is 4.39 Å². The maximum atomic E-state index is 12.9. The van der Waals surface area contributed by atoms with Gasteiger partial charge >= 0.3 is 0 Å². The van der Waals surface area contributed by atoms with E-state index in [0.717, 1.165) is 16.9 Å². The van der Waals surface area contributed by atoms with Crippen LogP contribution in [0.25, 0.3) is 0 Å². The molecule has 0 radical (unpaired) electrons. The number of primary amides is 1. The lowest BCUT2D eigenvalue weighted by Crippen LogP contribution is -2.40. The van der Waals surface area contributed by atoms with E-state index >= 15 is 0 Å². The molecule has 2 unspecified atom stereocenters. The van der Waals surface area contributed by atoms with Crippen LogP contribution in [0.3, 0.4) is 0 Å². The van der Waals surface area contributed by atoms with E-state index in [9.17, 15) is 9.18 Å². The average Bonchev–Trinajstić information content (AvgIpc) is 2.59. The SMILES string of the molecule is CC(NCC(I)c1cccc(OCc2ccc(F)cc2)c1)C(N)=O. The zero-order valence-corrected chi connectivity index (χ0v) is 15.5. The number of nitrogens with two attached hydrogens (primary N) is 1. The number of alkyl halides is 1. The number of rotatable bonds is 8. The molecule has 3 N–H and O–H groups in total. The number of carbonyl (C=O) groups is 1. The fourth-order valence-electron chi connectivity index (χ4n) is 2.05. The summed E-state index contributed by atoms with van der Waals surface area (Å²) in [7, 11) is 0. The predicted octanol–water partition coefficient (Wildman–Crippen LogP) is 3.34. The zero-order chi connectivity index (χ0) is 17.5. The lowest BCUT2D eigenvalue weighted by molar-refractivity contribution is -0.119. The van der Waals surface area contributed by atoms with Gasteiger partial charge in [-0.1, -0.05) is 46.9 Å². The highest BCUT2D eigenvalue weighted by Crippen LogP contribution is 2.26. The van der Waals surface area contributed by atoms with E-state index in [1.807, 2.05) is 24.3 Å². The minimum absolute atomic E-state index is 0.179. The Labute approximate surface area is 154 Å².